The molecule has 0 spiro atoms. The van der Waals surface area contributed by atoms with Crippen LogP contribution < -0.4 is 5.32 Å². The summed E-state index contributed by atoms with van der Waals surface area (Å²) in [6.07, 6.45) is 0. The molecule has 0 saturated heterocycles. The maximum absolute atomic E-state index is 10.1. The summed E-state index contributed by atoms with van der Waals surface area (Å²) >= 11 is 8.10. The Morgan fingerprint density at radius 3 is 2.62 bits per heavy atom. The minimum absolute atomic E-state index is 0.213. The largest absolute Gasteiger partial charge is 0.388 e. The van der Waals surface area contributed by atoms with Gasteiger partial charge in [-0.05, 0) is 53.6 Å². The Labute approximate surface area is 116 Å². The van der Waals surface area contributed by atoms with E-state index >= 15 is 0 Å². The van der Waals surface area contributed by atoms with E-state index in [1.807, 2.05) is 39.0 Å². The lowest BCUT2D eigenvalue weighted by molar-refractivity contribution is 0.0266. The number of hydrogen-bond donors (Lipinski definition) is 2. The molecule has 0 aliphatic carbocycles. The molecule has 0 amide bonds. The monoisotopic (exact) mass is 353 g/mol. The predicted molar refractivity (Wildman–Crippen MR) is 78.1 cm³/mol. The average molecular weight is 354 g/mol. The fraction of sp³-hybridized carbons (Fsp3) is 0.500. The molecular formula is C12H17ClINO. The molecule has 2 nitrogen and oxygen atoms in total. The van der Waals surface area contributed by atoms with Crippen LogP contribution in [0.25, 0.3) is 0 Å². The average Bonchev–Trinajstić information content (AvgIpc) is 2.16. The second-order valence-electron chi connectivity index (χ2n) is 4.49. The van der Waals surface area contributed by atoms with Gasteiger partial charge in [-0.3, -0.25) is 0 Å². The third-order valence-corrected chi connectivity index (χ3v) is 3.94. The Kier molecular flexibility index (Phi) is 4.88. The van der Waals surface area contributed by atoms with E-state index in [2.05, 4.69) is 27.9 Å². The third-order valence-electron chi connectivity index (χ3n) is 2.81. The van der Waals surface area contributed by atoms with Gasteiger partial charge in [0.15, 0.2) is 0 Å². The molecule has 0 bridgehead atoms. The summed E-state index contributed by atoms with van der Waals surface area (Å²) < 4.78 is 1.06. The van der Waals surface area contributed by atoms with Gasteiger partial charge in [-0.2, -0.15) is 0 Å². The van der Waals surface area contributed by atoms with Gasteiger partial charge in [0.25, 0.3) is 0 Å². The summed E-state index contributed by atoms with van der Waals surface area (Å²) in [6, 6.07) is 5.67. The van der Waals surface area contributed by atoms with Crippen LogP contribution in [0.15, 0.2) is 18.2 Å². The summed E-state index contributed by atoms with van der Waals surface area (Å²) in [7, 11) is 0. The zero-order chi connectivity index (χ0) is 12.3. The molecule has 0 aliphatic rings. The fourth-order valence-corrected chi connectivity index (χ4v) is 2.17. The molecule has 1 atom stereocenters. The highest BCUT2D eigenvalue weighted by Crippen LogP contribution is 2.24. The van der Waals surface area contributed by atoms with Gasteiger partial charge in [-0.15, -0.1) is 0 Å². The van der Waals surface area contributed by atoms with E-state index in [1.54, 1.807) is 0 Å². The van der Waals surface area contributed by atoms with Crippen molar-refractivity contribution in [2.75, 3.05) is 11.9 Å². The second kappa shape index (κ2) is 5.56. The molecule has 90 valence electrons. The molecule has 0 radical (unpaired) electrons. The maximum Gasteiger partial charge on any atom is 0.0813 e. The lowest BCUT2D eigenvalue weighted by Crippen LogP contribution is -2.38. The molecule has 0 aliphatic heterocycles. The molecule has 0 heterocycles. The van der Waals surface area contributed by atoms with Gasteiger partial charge in [-0.1, -0.05) is 25.4 Å². The molecule has 4 heteroatoms. The van der Waals surface area contributed by atoms with E-state index < -0.39 is 5.60 Å². The first kappa shape index (κ1) is 14.1. The summed E-state index contributed by atoms with van der Waals surface area (Å²) in [5.74, 6) is 0.213. The highest BCUT2D eigenvalue weighted by atomic mass is 127. The first-order chi connectivity index (χ1) is 7.33. The van der Waals surface area contributed by atoms with Crippen LogP contribution in [0.4, 0.5) is 5.69 Å². The van der Waals surface area contributed by atoms with E-state index in [1.165, 1.54) is 0 Å². The predicted octanol–water partition coefficient (Wildman–Crippen LogP) is 3.76. The number of nitrogens with one attached hydrogen (secondary N) is 1. The van der Waals surface area contributed by atoms with Crippen molar-refractivity contribution >= 4 is 39.9 Å². The smallest absolute Gasteiger partial charge is 0.0813 e. The normalized spacial score (nSPS) is 14.9. The molecule has 1 unspecified atom stereocenters. The van der Waals surface area contributed by atoms with Crippen molar-refractivity contribution in [3.8, 4) is 0 Å². The highest BCUT2D eigenvalue weighted by Gasteiger charge is 2.24. The van der Waals surface area contributed by atoms with Crippen LogP contribution in [-0.4, -0.2) is 17.3 Å². The number of halogens is 2. The minimum atomic E-state index is -0.706. The Bertz CT molecular complexity index is 366. The molecular weight excluding hydrogens is 336 g/mol. The first-order valence-electron chi connectivity index (χ1n) is 5.24. The Morgan fingerprint density at radius 2 is 2.12 bits per heavy atom. The van der Waals surface area contributed by atoms with Gasteiger partial charge >= 0.3 is 0 Å². The van der Waals surface area contributed by atoms with Crippen LogP contribution in [0.3, 0.4) is 0 Å². The van der Waals surface area contributed by atoms with E-state index in [9.17, 15) is 5.11 Å². The van der Waals surface area contributed by atoms with Crippen LogP contribution in [0.1, 0.15) is 20.8 Å². The summed E-state index contributed by atoms with van der Waals surface area (Å²) in [4.78, 5) is 0. The van der Waals surface area contributed by atoms with Gasteiger partial charge in [0, 0.05) is 20.8 Å². The molecule has 0 fully saturated rings. The van der Waals surface area contributed by atoms with E-state index in [0.717, 1.165) is 14.3 Å². The zero-order valence-corrected chi connectivity index (χ0v) is 12.6. The van der Waals surface area contributed by atoms with Crippen molar-refractivity contribution in [1.82, 2.24) is 0 Å². The van der Waals surface area contributed by atoms with E-state index in [4.69, 9.17) is 11.6 Å². The highest BCUT2D eigenvalue weighted by molar-refractivity contribution is 14.1. The van der Waals surface area contributed by atoms with Crippen molar-refractivity contribution in [2.24, 2.45) is 5.92 Å². The van der Waals surface area contributed by atoms with Crippen LogP contribution >= 0.6 is 34.2 Å². The van der Waals surface area contributed by atoms with Crippen molar-refractivity contribution in [2.45, 2.75) is 26.4 Å². The Morgan fingerprint density at radius 1 is 1.50 bits per heavy atom. The van der Waals surface area contributed by atoms with Crippen molar-refractivity contribution in [1.29, 1.82) is 0 Å². The minimum Gasteiger partial charge on any atom is -0.388 e. The standard InChI is InChI=1S/C12H17ClINO/c1-8(2)12(3,16)7-15-11-5-4-9(13)6-10(11)14/h4-6,8,15-16H,7H2,1-3H3. The first-order valence-corrected chi connectivity index (χ1v) is 6.70. The van der Waals surface area contributed by atoms with Gasteiger partial charge in [-0.25, -0.2) is 0 Å². The Balaban J connectivity index is 2.68. The fourth-order valence-electron chi connectivity index (χ4n) is 1.11. The quantitative estimate of drug-likeness (QED) is 0.808. The molecule has 0 aromatic heterocycles. The molecule has 1 aromatic carbocycles. The molecule has 16 heavy (non-hydrogen) atoms. The SMILES string of the molecule is CC(C)C(C)(O)CNc1ccc(Cl)cc1I. The Hall–Kier alpha value is -0.000000000000000111. The summed E-state index contributed by atoms with van der Waals surface area (Å²) in [6.45, 7) is 6.39. The number of benzene rings is 1. The molecule has 1 rings (SSSR count). The number of aliphatic hydroxyl groups is 1. The van der Waals surface area contributed by atoms with Crippen LogP contribution in [0.5, 0.6) is 0 Å². The molecule has 1 aromatic rings. The maximum atomic E-state index is 10.1. The van der Waals surface area contributed by atoms with Crippen LogP contribution in [0, 0.1) is 9.49 Å². The topological polar surface area (TPSA) is 32.3 Å². The lowest BCUT2D eigenvalue weighted by atomic mass is 9.92. The number of rotatable bonds is 4. The zero-order valence-electron chi connectivity index (χ0n) is 9.72. The van der Waals surface area contributed by atoms with Crippen molar-refractivity contribution in [3.05, 3.63) is 26.8 Å². The summed E-state index contributed by atoms with van der Waals surface area (Å²) in [5.41, 5.74) is 0.300. The van der Waals surface area contributed by atoms with Gasteiger partial charge < -0.3 is 10.4 Å². The second-order valence-corrected chi connectivity index (χ2v) is 6.09. The molecule has 2 N–H and O–H groups in total. The van der Waals surface area contributed by atoms with Gasteiger partial charge in [0.05, 0.1) is 5.60 Å². The van der Waals surface area contributed by atoms with Crippen molar-refractivity contribution in [3.63, 3.8) is 0 Å². The van der Waals surface area contributed by atoms with E-state index in [-0.39, 0.29) is 5.92 Å². The van der Waals surface area contributed by atoms with E-state index in [0.29, 0.717) is 6.54 Å². The number of hydrogen-bond acceptors (Lipinski definition) is 2. The molecule has 0 saturated carbocycles. The summed E-state index contributed by atoms with van der Waals surface area (Å²) in [5, 5.41) is 14.1. The number of anilines is 1. The third kappa shape index (κ3) is 3.79. The van der Waals surface area contributed by atoms with Gasteiger partial charge in [0.2, 0.25) is 0 Å². The van der Waals surface area contributed by atoms with Crippen LogP contribution in [-0.2, 0) is 0 Å². The van der Waals surface area contributed by atoms with Crippen LogP contribution in [0.2, 0.25) is 5.02 Å². The lowest BCUT2D eigenvalue weighted by Gasteiger charge is -2.28. The van der Waals surface area contributed by atoms with Crippen molar-refractivity contribution < 1.29 is 5.11 Å². The van der Waals surface area contributed by atoms with Gasteiger partial charge in [0.1, 0.15) is 0 Å².